The lowest BCUT2D eigenvalue weighted by atomic mass is 10.1. The summed E-state index contributed by atoms with van der Waals surface area (Å²) in [6.45, 7) is 1.81. The minimum Gasteiger partial charge on any atom is -0.433 e. The highest BCUT2D eigenvalue weighted by atomic mass is 16.6. The number of aryl methyl sites for hydroxylation is 1. The van der Waals surface area contributed by atoms with Crippen LogP contribution in [-0.2, 0) is 14.3 Å². The number of aromatic nitrogens is 3. The van der Waals surface area contributed by atoms with Gasteiger partial charge in [-0.15, -0.1) is 0 Å². The zero-order valence-corrected chi connectivity index (χ0v) is 16.7. The number of amides is 2. The Morgan fingerprint density at radius 1 is 1.16 bits per heavy atom. The Kier molecular flexibility index (Phi) is 4.50. The first-order chi connectivity index (χ1) is 15.0. The van der Waals surface area contributed by atoms with Crippen LogP contribution >= 0.6 is 0 Å². The van der Waals surface area contributed by atoms with Crippen molar-refractivity contribution in [3.05, 3.63) is 71.5 Å². The second kappa shape index (κ2) is 7.35. The molecule has 1 N–H and O–H groups in total. The van der Waals surface area contributed by atoms with E-state index in [0.717, 1.165) is 0 Å². The second-order valence-corrected chi connectivity index (χ2v) is 7.46. The Morgan fingerprint density at radius 2 is 1.97 bits per heavy atom. The highest BCUT2D eigenvalue weighted by molar-refractivity contribution is 6.00. The van der Waals surface area contributed by atoms with Crippen LogP contribution in [0.2, 0.25) is 0 Å². The van der Waals surface area contributed by atoms with Crippen LogP contribution in [0.25, 0.3) is 5.82 Å². The molecular formula is C22H19N5O4. The van der Waals surface area contributed by atoms with E-state index < -0.39 is 18.2 Å². The van der Waals surface area contributed by atoms with Gasteiger partial charge in [0.15, 0.2) is 5.82 Å². The zero-order chi connectivity index (χ0) is 21.5. The SMILES string of the molecule is Cc1cc(NC(=O)[C@H]2CCC(=O)N2[C@@H]2OC(=O)c3ccccc32)n(-c2ccccn2)n1. The van der Waals surface area contributed by atoms with Crippen LogP contribution in [0.3, 0.4) is 0 Å². The molecule has 9 heteroatoms. The molecule has 31 heavy (non-hydrogen) atoms. The number of hydrogen-bond acceptors (Lipinski definition) is 6. The fourth-order valence-electron chi connectivity index (χ4n) is 4.04. The second-order valence-electron chi connectivity index (χ2n) is 7.46. The van der Waals surface area contributed by atoms with Gasteiger partial charge in [-0.25, -0.2) is 9.78 Å². The van der Waals surface area contributed by atoms with Gasteiger partial charge in [0.25, 0.3) is 0 Å². The molecule has 0 bridgehead atoms. The van der Waals surface area contributed by atoms with Crippen molar-refractivity contribution < 1.29 is 19.1 Å². The number of carbonyl (C=O) groups is 3. The molecule has 0 unspecified atom stereocenters. The average molecular weight is 417 g/mol. The maximum Gasteiger partial charge on any atom is 0.340 e. The number of anilines is 1. The van der Waals surface area contributed by atoms with Crippen LogP contribution in [0, 0.1) is 6.92 Å². The van der Waals surface area contributed by atoms with Crippen LogP contribution in [-0.4, -0.2) is 43.5 Å². The van der Waals surface area contributed by atoms with E-state index in [9.17, 15) is 14.4 Å². The van der Waals surface area contributed by atoms with E-state index in [1.54, 1.807) is 53.3 Å². The quantitative estimate of drug-likeness (QED) is 0.654. The Hall–Kier alpha value is -4.01. The number of ether oxygens (including phenoxy) is 1. The standard InChI is InChI=1S/C22H19N5O4/c1-13-12-18(27(25-13)17-8-4-5-11-23-17)24-20(29)16-9-10-19(28)26(16)21-14-6-2-3-7-15(14)22(30)31-21/h2-8,11-12,16,21H,9-10H2,1H3,(H,24,29)/t16-,21-/m1/s1. The van der Waals surface area contributed by atoms with Gasteiger partial charge in [0, 0.05) is 24.2 Å². The number of pyridine rings is 1. The molecule has 156 valence electrons. The fourth-order valence-corrected chi connectivity index (χ4v) is 4.04. The van der Waals surface area contributed by atoms with Crippen LogP contribution in [0.1, 0.15) is 40.7 Å². The van der Waals surface area contributed by atoms with E-state index in [4.69, 9.17) is 4.74 Å². The number of carbonyl (C=O) groups excluding carboxylic acids is 3. The monoisotopic (exact) mass is 417 g/mol. The maximum absolute atomic E-state index is 13.2. The number of likely N-dealkylation sites (tertiary alicyclic amines) is 1. The molecule has 0 radical (unpaired) electrons. The molecule has 1 aromatic carbocycles. The number of benzene rings is 1. The van der Waals surface area contributed by atoms with Crippen LogP contribution in [0.4, 0.5) is 5.82 Å². The van der Waals surface area contributed by atoms with Gasteiger partial charge < -0.3 is 10.1 Å². The number of rotatable bonds is 4. The lowest BCUT2D eigenvalue weighted by Crippen LogP contribution is -2.44. The summed E-state index contributed by atoms with van der Waals surface area (Å²) in [5.41, 5.74) is 1.71. The molecule has 0 saturated carbocycles. The van der Waals surface area contributed by atoms with Gasteiger partial charge >= 0.3 is 5.97 Å². The summed E-state index contributed by atoms with van der Waals surface area (Å²) in [4.78, 5) is 43.8. The van der Waals surface area contributed by atoms with Gasteiger partial charge in [0.1, 0.15) is 11.9 Å². The highest BCUT2D eigenvalue weighted by Crippen LogP contribution is 2.38. The average Bonchev–Trinajstić information content (AvgIpc) is 3.44. The molecule has 0 spiro atoms. The summed E-state index contributed by atoms with van der Waals surface area (Å²) >= 11 is 0. The van der Waals surface area contributed by atoms with Crippen molar-refractivity contribution in [2.75, 3.05) is 5.32 Å². The Morgan fingerprint density at radius 3 is 2.77 bits per heavy atom. The number of esters is 1. The van der Waals surface area contributed by atoms with Crippen molar-refractivity contribution in [3.8, 4) is 5.82 Å². The molecule has 5 rings (SSSR count). The van der Waals surface area contributed by atoms with E-state index >= 15 is 0 Å². The minimum atomic E-state index is -0.906. The first kappa shape index (κ1) is 19.0. The van der Waals surface area contributed by atoms with Crippen LogP contribution in [0.15, 0.2) is 54.7 Å². The molecule has 2 aliphatic heterocycles. The molecule has 2 aromatic heterocycles. The van der Waals surface area contributed by atoms with Gasteiger partial charge in [-0.1, -0.05) is 24.3 Å². The summed E-state index contributed by atoms with van der Waals surface area (Å²) < 4.78 is 7.01. The summed E-state index contributed by atoms with van der Waals surface area (Å²) in [6.07, 6.45) is 1.27. The number of cyclic esters (lactones) is 1. The number of nitrogens with zero attached hydrogens (tertiary/aromatic N) is 4. The third kappa shape index (κ3) is 3.24. The fraction of sp³-hybridized carbons (Fsp3) is 0.227. The van der Waals surface area contributed by atoms with Crippen LogP contribution in [0.5, 0.6) is 0 Å². The number of hydrogen-bond donors (Lipinski definition) is 1. The normalized spacial score (nSPS) is 20.0. The molecule has 1 saturated heterocycles. The molecule has 4 heterocycles. The van der Waals surface area contributed by atoms with E-state index in [1.165, 1.54) is 4.90 Å². The zero-order valence-electron chi connectivity index (χ0n) is 16.7. The van der Waals surface area contributed by atoms with Crippen molar-refractivity contribution in [1.29, 1.82) is 0 Å². The lowest BCUT2D eigenvalue weighted by Gasteiger charge is -2.29. The van der Waals surface area contributed by atoms with Gasteiger partial charge in [-0.05, 0) is 31.5 Å². The van der Waals surface area contributed by atoms with E-state index in [-0.39, 0.29) is 18.2 Å². The molecule has 2 atom stereocenters. The predicted octanol–water partition coefficient (Wildman–Crippen LogP) is 2.37. The molecule has 3 aromatic rings. The van der Waals surface area contributed by atoms with Gasteiger partial charge in [0.05, 0.1) is 11.3 Å². The van der Waals surface area contributed by atoms with Crippen molar-refractivity contribution in [2.45, 2.75) is 32.0 Å². The lowest BCUT2D eigenvalue weighted by molar-refractivity contribution is -0.144. The van der Waals surface area contributed by atoms with E-state index in [0.29, 0.717) is 34.9 Å². The van der Waals surface area contributed by atoms with E-state index in [2.05, 4.69) is 15.4 Å². The van der Waals surface area contributed by atoms with Crippen LogP contribution < -0.4 is 5.32 Å². The number of fused-ring (bicyclic) bond motifs is 1. The van der Waals surface area contributed by atoms with Crippen molar-refractivity contribution in [1.82, 2.24) is 19.7 Å². The molecule has 1 fully saturated rings. The molecule has 2 aliphatic rings. The Bertz CT molecular complexity index is 1190. The van der Waals surface area contributed by atoms with Gasteiger partial charge in [-0.2, -0.15) is 9.78 Å². The topological polar surface area (TPSA) is 106 Å². The maximum atomic E-state index is 13.2. The van der Waals surface area contributed by atoms with Crippen molar-refractivity contribution >= 4 is 23.6 Å². The third-order valence-electron chi connectivity index (χ3n) is 5.43. The smallest absolute Gasteiger partial charge is 0.340 e. The summed E-state index contributed by atoms with van der Waals surface area (Å²) in [7, 11) is 0. The molecule has 9 nitrogen and oxygen atoms in total. The summed E-state index contributed by atoms with van der Waals surface area (Å²) in [5.74, 6) is -0.0936. The Balaban J connectivity index is 1.43. The molecule has 0 aliphatic carbocycles. The van der Waals surface area contributed by atoms with E-state index in [1.807, 2.05) is 13.0 Å². The van der Waals surface area contributed by atoms with Gasteiger partial charge in [0.2, 0.25) is 18.0 Å². The number of nitrogens with one attached hydrogen (secondary N) is 1. The van der Waals surface area contributed by atoms with Crippen molar-refractivity contribution in [3.63, 3.8) is 0 Å². The minimum absolute atomic E-state index is 0.201. The largest absolute Gasteiger partial charge is 0.433 e. The Labute approximate surface area is 177 Å². The first-order valence-electron chi connectivity index (χ1n) is 9.93. The van der Waals surface area contributed by atoms with Gasteiger partial charge in [-0.3, -0.25) is 14.5 Å². The predicted molar refractivity (Wildman–Crippen MR) is 109 cm³/mol. The van der Waals surface area contributed by atoms with Crippen molar-refractivity contribution in [2.24, 2.45) is 0 Å². The highest BCUT2D eigenvalue weighted by Gasteiger charge is 2.46. The molecule has 2 amide bonds. The third-order valence-corrected chi connectivity index (χ3v) is 5.43. The summed E-state index contributed by atoms with van der Waals surface area (Å²) in [6, 6.07) is 13.3. The summed E-state index contributed by atoms with van der Waals surface area (Å²) in [5, 5.41) is 7.27. The molecular weight excluding hydrogens is 398 g/mol. The first-order valence-corrected chi connectivity index (χ1v) is 9.93.